The smallest absolute Gasteiger partial charge is 0.418 e. The van der Waals surface area contributed by atoms with Gasteiger partial charge in [0.1, 0.15) is 5.75 Å². The minimum absolute atomic E-state index is 0.110. The van der Waals surface area contributed by atoms with Gasteiger partial charge in [0.25, 0.3) is 0 Å². The summed E-state index contributed by atoms with van der Waals surface area (Å²) in [6.45, 7) is 0. The van der Waals surface area contributed by atoms with E-state index in [1.807, 2.05) is 0 Å². The van der Waals surface area contributed by atoms with Crippen LogP contribution in [-0.4, -0.2) is 7.11 Å². The lowest BCUT2D eigenvalue weighted by Gasteiger charge is -2.12. The molecule has 2 nitrogen and oxygen atoms in total. The Hall–Kier alpha value is -0.910. The Bertz CT molecular complexity index is 351. The molecular formula is C8H7BrF3NO. The van der Waals surface area contributed by atoms with E-state index in [-0.39, 0.29) is 15.9 Å². The molecule has 6 heteroatoms. The molecule has 0 aromatic heterocycles. The van der Waals surface area contributed by atoms with Gasteiger partial charge in [0.15, 0.2) is 0 Å². The van der Waals surface area contributed by atoms with Crippen LogP contribution < -0.4 is 10.5 Å². The van der Waals surface area contributed by atoms with E-state index < -0.39 is 11.7 Å². The average Bonchev–Trinajstić information content (AvgIpc) is 2.07. The number of anilines is 1. The first-order valence-electron chi connectivity index (χ1n) is 3.56. The van der Waals surface area contributed by atoms with Gasteiger partial charge in [-0.15, -0.1) is 0 Å². The summed E-state index contributed by atoms with van der Waals surface area (Å²) in [5.74, 6) is 0.110. The lowest BCUT2D eigenvalue weighted by molar-refractivity contribution is -0.137. The molecule has 0 saturated heterocycles. The summed E-state index contributed by atoms with van der Waals surface area (Å²) in [6, 6.07) is 2.24. The molecule has 78 valence electrons. The second kappa shape index (κ2) is 3.68. The number of nitrogens with two attached hydrogens (primary N) is 1. The zero-order chi connectivity index (χ0) is 10.9. The van der Waals surface area contributed by atoms with Crippen molar-refractivity contribution in [3.63, 3.8) is 0 Å². The molecule has 1 aromatic carbocycles. The van der Waals surface area contributed by atoms with Crippen molar-refractivity contribution in [1.29, 1.82) is 0 Å². The third-order valence-corrected chi connectivity index (χ3v) is 2.30. The topological polar surface area (TPSA) is 35.2 Å². The molecule has 0 spiro atoms. The van der Waals surface area contributed by atoms with Gasteiger partial charge in [0.2, 0.25) is 0 Å². The first-order chi connectivity index (χ1) is 6.36. The van der Waals surface area contributed by atoms with Crippen LogP contribution in [0.3, 0.4) is 0 Å². The van der Waals surface area contributed by atoms with Crippen molar-refractivity contribution >= 4 is 21.6 Å². The fourth-order valence-electron chi connectivity index (χ4n) is 0.945. The molecule has 0 saturated carbocycles. The zero-order valence-electron chi connectivity index (χ0n) is 7.15. The fourth-order valence-corrected chi connectivity index (χ4v) is 1.38. The number of halogens is 4. The first kappa shape index (κ1) is 11.2. The summed E-state index contributed by atoms with van der Waals surface area (Å²) in [7, 11) is 1.29. The van der Waals surface area contributed by atoms with E-state index in [9.17, 15) is 13.2 Å². The van der Waals surface area contributed by atoms with Gasteiger partial charge in [-0.1, -0.05) is 0 Å². The normalized spacial score (nSPS) is 11.5. The van der Waals surface area contributed by atoms with Crippen LogP contribution in [0.15, 0.2) is 16.6 Å². The van der Waals surface area contributed by atoms with E-state index in [0.29, 0.717) is 0 Å². The third kappa shape index (κ3) is 2.12. The molecule has 1 aromatic rings. The molecule has 0 amide bonds. The van der Waals surface area contributed by atoms with E-state index in [4.69, 9.17) is 10.5 Å². The van der Waals surface area contributed by atoms with Gasteiger partial charge in [-0.05, 0) is 28.1 Å². The summed E-state index contributed by atoms with van der Waals surface area (Å²) in [5, 5.41) is 0. The van der Waals surface area contributed by atoms with E-state index in [0.717, 1.165) is 6.07 Å². The maximum absolute atomic E-state index is 12.4. The average molecular weight is 270 g/mol. The van der Waals surface area contributed by atoms with Crippen molar-refractivity contribution in [3.8, 4) is 5.75 Å². The summed E-state index contributed by atoms with van der Waals surface area (Å²) in [5.41, 5.74) is 4.04. The minimum Gasteiger partial charge on any atom is -0.497 e. The molecule has 0 fully saturated rings. The molecule has 14 heavy (non-hydrogen) atoms. The highest BCUT2D eigenvalue weighted by Crippen LogP contribution is 2.39. The zero-order valence-corrected chi connectivity index (χ0v) is 8.74. The number of hydrogen-bond acceptors (Lipinski definition) is 2. The fraction of sp³-hybridized carbons (Fsp3) is 0.250. The number of ether oxygens (including phenoxy) is 1. The van der Waals surface area contributed by atoms with Crippen molar-refractivity contribution in [3.05, 3.63) is 22.2 Å². The van der Waals surface area contributed by atoms with E-state index in [2.05, 4.69) is 15.9 Å². The highest BCUT2D eigenvalue weighted by molar-refractivity contribution is 9.10. The number of alkyl halides is 3. The van der Waals surface area contributed by atoms with E-state index >= 15 is 0 Å². The van der Waals surface area contributed by atoms with Crippen LogP contribution in [0.5, 0.6) is 5.75 Å². The Morgan fingerprint density at radius 1 is 1.36 bits per heavy atom. The van der Waals surface area contributed by atoms with Crippen LogP contribution >= 0.6 is 15.9 Å². The standard InChI is InChI=1S/C8H7BrF3NO/c1-14-4-2-5(8(10,11)12)7(13)6(9)3-4/h2-3H,13H2,1H3. The van der Waals surface area contributed by atoms with Gasteiger partial charge in [-0.25, -0.2) is 0 Å². The highest BCUT2D eigenvalue weighted by atomic mass is 79.9. The van der Waals surface area contributed by atoms with Crippen molar-refractivity contribution in [2.24, 2.45) is 0 Å². The van der Waals surface area contributed by atoms with Crippen LogP contribution in [0.4, 0.5) is 18.9 Å². The first-order valence-corrected chi connectivity index (χ1v) is 4.35. The number of rotatable bonds is 1. The molecule has 0 heterocycles. The van der Waals surface area contributed by atoms with Crippen LogP contribution in [0.25, 0.3) is 0 Å². The van der Waals surface area contributed by atoms with Crippen molar-refractivity contribution < 1.29 is 17.9 Å². The second-order valence-corrected chi connectivity index (χ2v) is 3.42. The SMILES string of the molecule is COc1cc(Br)c(N)c(C(F)(F)F)c1. The van der Waals surface area contributed by atoms with Crippen molar-refractivity contribution in [1.82, 2.24) is 0 Å². The predicted molar refractivity (Wildman–Crippen MR) is 50.1 cm³/mol. The molecular weight excluding hydrogens is 263 g/mol. The third-order valence-electron chi connectivity index (χ3n) is 1.64. The number of methoxy groups -OCH3 is 1. The minimum atomic E-state index is -4.47. The van der Waals surface area contributed by atoms with Crippen LogP contribution in [-0.2, 0) is 6.18 Å². The maximum Gasteiger partial charge on any atom is 0.418 e. The summed E-state index contributed by atoms with van der Waals surface area (Å²) < 4.78 is 42.0. The predicted octanol–water partition coefficient (Wildman–Crippen LogP) is 3.06. The van der Waals surface area contributed by atoms with Crippen LogP contribution in [0, 0.1) is 0 Å². The molecule has 0 unspecified atom stereocenters. The molecule has 1 rings (SSSR count). The molecule has 0 atom stereocenters. The van der Waals surface area contributed by atoms with Crippen LogP contribution in [0.2, 0.25) is 0 Å². The highest BCUT2D eigenvalue weighted by Gasteiger charge is 2.34. The van der Waals surface area contributed by atoms with Gasteiger partial charge >= 0.3 is 6.18 Å². The summed E-state index contributed by atoms with van der Waals surface area (Å²) in [4.78, 5) is 0. The van der Waals surface area contributed by atoms with Gasteiger partial charge in [-0.2, -0.15) is 13.2 Å². The van der Waals surface area contributed by atoms with Gasteiger partial charge in [-0.3, -0.25) is 0 Å². The molecule has 0 aliphatic rings. The van der Waals surface area contributed by atoms with E-state index in [1.165, 1.54) is 13.2 Å². The Kier molecular flexibility index (Phi) is 2.94. The molecule has 2 N–H and O–H groups in total. The molecule has 0 aliphatic carbocycles. The van der Waals surface area contributed by atoms with Gasteiger partial charge in [0.05, 0.1) is 18.4 Å². The van der Waals surface area contributed by atoms with Crippen LogP contribution in [0.1, 0.15) is 5.56 Å². The Morgan fingerprint density at radius 2 is 1.93 bits per heavy atom. The lowest BCUT2D eigenvalue weighted by Crippen LogP contribution is -2.09. The molecule has 0 aliphatic heterocycles. The number of nitrogen functional groups attached to an aromatic ring is 1. The van der Waals surface area contributed by atoms with Crippen molar-refractivity contribution in [2.75, 3.05) is 12.8 Å². The Balaban J connectivity index is 3.35. The quantitative estimate of drug-likeness (QED) is 0.796. The number of benzene rings is 1. The van der Waals surface area contributed by atoms with Gasteiger partial charge < -0.3 is 10.5 Å². The second-order valence-electron chi connectivity index (χ2n) is 2.57. The van der Waals surface area contributed by atoms with E-state index in [1.54, 1.807) is 0 Å². The Labute approximate surface area is 87.0 Å². The Morgan fingerprint density at radius 3 is 2.36 bits per heavy atom. The summed E-state index contributed by atoms with van der Waals surface area (Å²) >= 11 is 2.93. The monoisotopic (exact) mass is 269 g/mol. The number of hydrogen-bond donors (Lipinski definition) is 1. The summed E-state index contributed by atoms with van der Waals surface area (Å²) in [6.07, 6.45) is -4.47. The van der Waals surface area contributed by atoms with Crippen molar-refractivity contribution in [2.45, 2.75) is 6.18 Å². The molecule has 0 bridgehead atoms. The lowest BCUT2D eigenvalue weighted by atomic mass is 10.1. The molecule has 0 radical (unpaired) electrons. The van der Waals surface area contributed by atoms with Gasteiger partial charge in [0, 0.05) is 4.47 Å². The maximum atomic E-state index is 12.4. The largest absolute Gasteiger partial charge is 0.497 e.